The Hall–Kier alpha value is -4.25. The van der Waals surface area contributed by atoms with Crippen molar-refractivity contribution < 1.29 is 33.8 Å². The summed E-state index contributed by atoms with van der Waals surface area (Å²) in [6.07, 6.45) is 5.39. The number of carbonyl (C=O) groups is 5. The summed E-state index contributed by atoms with van der Waals surface area (Å²) in [5.41, 5.74) is 0.825. The lowest BCUT2D eigenvalue weighted by molar-refractivity contribution is -0.154. The van der Waals surface area contributed by atoms with Crippen LogP contribution < -0.4 is 16.0 Å². The van der Waals surface area contributed by atoms with E-state index in [-0.39, 0.29) is 18.4 Å². The number of carbonyl (C=O) groups excluding carboxylic acids is 4. The fraction of sp³-hybridized carbons (Fsp3) is 0.541. The van der Waals surface area contributed by atoms with E-state index in [9.17, 15) is 29.1 Å². The van der Waals surface area contributed by atoms with Crippen LogP contribution in [0.5, 0.6) is 0 Å². The summed E-state index contributed by atoms with van der Waals surface area (Å²) in [5.74, 6) is -3.75. The van der Waals surface area contributed by atoms with Crippen LogP contribution in [0.15, 0.2) is 60.7 Å². The first-order valence-corrected chi connectivity index (χ1v) is 17.0. The van der Waals surface area contributed by atoms with Crippen molar-refractivity contribution in [3.05, 3.63) is 71.8 Å². The molecule has 260 valence electrons. The van der Waals surface area contributed by atoms with Crippen LogP contribution in [0.1, 0.15) is 89.7 Å². The first-order valence-electron chi connectivity index (χ1n) is 17.0. The van der Waals surface area contributed by atoms with E-state index >= 15 is 0 Å². The molecule has 0 radical (unpaired) electrons. The van der Waals surface area contributed by atoms with E-state index in [0.717, 1.165) is 43.2 Å². The van der Waals surface area contributed by atoms with Crippen molar-refractivity contribution in [2.75, 3.05) is 13.1 Å². The molecule has 1 heterocycles. The van der Waals surface area contributed by atoms with Gasteiger partial charge in [-0.2, -0.15) is 0 Å². The Morgan fingerprint density at radius 2 is 1.44 bits per heavy atom. The van der Waals surface area contributed by atoms with Crippen LogP contribution in [-0.2, 0) is 28.7 Å². The highest BCUT2D eigenvalue weighted by atomic mass is 16.6. The summed E-state index contributed by atoms with van der Waals surface area (Å²) in [7, 11) is 0. The number of rotatable bonds is 13. The van der Waals surface area contributed by atoms with Crippen molar-refractivity contribution in [1.29, 1.82) is 0 Å². The molecule has 11 heteroatoms. The third-order valence-corrected chi connectivity index (χ3v) is 9.10. The van der Waals surface area contributed by atoms with Crippen LogP contribution in [0.25, 0.3) is 0 Å². The van der Waals surface area contributed by atoms with Crippen molar-refractivity contribution in [3.8, 4) is 0 Å². The number of benzene rings is 2. The number of aliphatic carboxylic acids is 1. The maximum absolute atomic E-state index is 14.3. The maximum atomic E-state index is 14.3. The summed E-state index contributed by atoms with van der Waals surface area (Å²) < 4.78 is 5.32. The minimum Gasteiger partial charge on any atom is -0.480 e. The zero-order chi connectivity index (χ0) is 34.8. The highest BCUT2D eigenvalue weighted by Crippen LogP contribution is 2.31. The van der Waals surface area contributed by atoms with Gasteiger partial charge < -0.3 is 25.4 Å². The summed E-state index contributed by atoms with van der Waals surface area (Å²) in [4.78, 5) is 68.0. The van der Waals surface area contributed by atoms with Crippen molar-refractivity contribution in [1.82, 2.24) is 20.9 Å². The largest absolute Gasteiger partial charge is 0.480 e. The molecule has 1 saturated heterocycles. The average Bonchev–Trinajstić information content (AvgIpc) is 3.56. The Bertz CT molecular complexity index is 1370. The molecule has 4 N–H and O–H groups in total. The third-order valence-electron chi connectivity index (χ3n) is 9.10. The van der Waals surface area contributed by atoms with Gasteiger partial charge in [-0.05, 0) is 70.4 Å². The lowest BCUT2D eigenvalue weighted by Crippen LogP contribution is -2.59. The van der Waals surface area contributed by atoms with Gasteiger partial charge in [-0.3, -0.25) is 24.5 Å². The second kappa shape index (κ2) is 16.7. The predicted molar refractivity (Wildman–Crippen MR) is 181 cm³/mol. The minimum atomic E-state index is -1.29. The topological polar surface area (TPSA) is 154 Å². The van der Waals surface area contributed by atoms with Crippen molar-refractivity contribution in [3.63, 3.8) is 0 Å². The number of carboxylic acids is 1. The summed E-state index contributed by atoms with van der Waals surface area (Å²) in [6, 6.07) is 14.6. The van der Waals surface area contributed by atoms with E-state index in [1.807, 2.05) is 60.7 Å². The van der Waals surface area contributed by atoms with E-state index < -0.39 is 59.4 Å². The molecule has 1 aliphatic heterocycles. The number of likely N-dealkylation sites (tertiary alicyclic amines) is 1. The molecule has 48 heavy (non-hydrogen) atoms. The molecule has 0 spiro atoms. The minimum absolute atomic E-state index is 0.107. The Morgan fingerprint density at radius 3 is 1.98 bits per heavy atom. The van der Waals surface area contributed by atoms with Crippen LogP contribution in [0.3, 0.4) is 0 Å². The predicted octanol–water partition coefficient (Wildman–Crippen LogP) is 3.76. The second-order valence-electron chi connectivity index (χ2n) is 13.9. The number of esters is 1. The lowest BCUT2D eigenvalue weighted by Gasteiger charge is -2.35. The van der Waals surface area contributed by atoms with Gasteiger partial charge in [-0.1, -0.05) is 79.9 Å². The SMILES string of the molecule is CC(NCC(=O)OC(C)(C)C)C(=O)NC(C(=O)N1CCC[C@H]1C(=O)NC(C(=O)O)C(c1ccccc1)c1ccccc1)C1CCCCC1. The van der Waals surface area contributed by atoms with Crippen molar-refractivity contribution in [2.24, 2.45) is 5.92 Å². The molecule has 0 bridgehead atoms. The van der Waals surface area contributed by atoms with Crippen LogP contribution in [0.2, 0.25) is 0 Å². The van der Waals surface area contributed by atoms with Crippen LogP contribution in [0.4, 0.5) is 0 Å². The average molecular weight is 663 g/mol. The number of ether oxygens (including phenoxy) is 1. The zero-order valence-electron chi connectivity index (χ0n) is 28.4. The molecule has 4 atom stereocenters. The summed E-state index contributed by atoms with van der Waals surface area (Å²) in [6.45, 7) is 7.07. The highest BCUT2D eigenvalue weighted by molar-refractivity contribution is 5.95. The maximum Gasteiger partial charge on any atom is 0.327 e. The normalized spacial score (nSPS) is 18.9. The molecule has 0 aromatic heterocycles. The smallest absolute Gasteiger partial charge is 0.327 e. The Kier molecular flexibility index (Phi) is 12.7. The standard InChI is InChI=1S/C37H50N4O7/c1-24(38-23-29(42)48-37(2,3)4)33(43)39-31(27-19-12-7-13-20-27)35(45)41-22-14-21-28(41)34(44)40-32(36(46)47)30(25-15-8-5-9-16-25)26-17-10-6-11-18-26/h5-6,8-11,15-18,24,27-28,30-32,38H,7,12-14,19-23H2,1-4H3,(H,39,43)(H,40,44)(H,46,47)/t24?,28-,31?,32?/m0/s1. The van der Waals surface area contributed by atoms with Crippen LogP contribution >= 0.6 is 0 Å². The van der Waals surface area contributed by atoms with Gasteiger partial charge in [-0.15, -0.1) is 0 Å². The number of hydrogen-bond acceptors (Lipinski definition) is 7. The first kappa shape index (κ1) is 36.6. The molecule has 2 aromatic rings. The fourth-order valence-corrected chi connectivity index (χ4v) is 6.75. The Balaban J connectivity index is 1.51. The van der Waals surface area contributed by atoms with E-state index in [1.54, 1.807) is 27.7 Å². The molecule has 11 nitrogen and oxygen atoms in total. The van der Waals surface area contributed by atoms with Crippen molar-refractivity contribution in [2.45, 2.75) is 108 Å². The number of nitrogens with one attached hydrogen (secondary N) is 3. The number of carboxylic acid groups (broad SMARTS) is 1. The van der Waals surface area contributed by atoms with Crippen LogP contribution in [0, 0.1) is 5.92 Å². The molecule has 4 rings (SSSR count). The Labute approximate surface area is 283 Å². The quantitative estimate of drug-likeness (QED) is 0.237. The molecule has 1 saturated carbocycles. The molecule has 1 aliphatic carbocycles. The summed E-state index contributed by atoms with van der Waals surface area (Å²) >= 11 is 0. The number of hydrogen-bond donors (Lipinski definition) is 4. The number of amides is 3. The van der Waals surface area contributed by atoms with Gasteiger partial charge in [0.1, 0.15) is 23.7 Å². The molecule has 2 aliphatic rings. The molecule has 3 unspecified atom stereocenters. The van der Waals surface area contributed by atoms with Gasteiger partial charge in [0.2, 0.25) is 17.7 Å². The Morgan fingerprint density at radius 1 is 0.854 bits per heavy atom. The highest BCUT2D eigenvalue weighted by Gasteiger charge is 2.43. The second-order valence-corrected chi connectivity index (χ2v) is 13.9. The van der Waals surface area contributed by atoms with Gasteiger partial charge in [0.25, 0.3) is 0 Å². The zero-order valence-corrected chi connectivity index (χ0v) is 28.4. The fourth-order valence-electron chi connectivity index (χ4n) is 6.75. The van der Waals surface area contributed by atoms with E-state index in [1.165, 1.54) is 4.90 Å². The molecular weight excluding hydrogens is 612 g/mol. The van der Waals surface area contributed by atoms with E-state index in [4.69, 9.17) is 4.74 Å². The molecular formula is C37H50N4O7. The third kappa shape index (κ3) is 9.88. The van der Waals surface area contributed by atoms with Gasteiger partial charge >= 0.3 is 11.9 Å². The monoisotopic (exact) mass is 662 g/mol. The molecule has 3 amide bonds. The summed E-state index contributed by atoms with van der Waals surface area (Å²) in [5, 5.41) is 19.0. The molecule has 2 fully saturated rings. The van der Waals surface area contributed by atoms with Gasteiger partial charge in [0.05, 0.1) is 12.6 Å². The van der Waals surface area contributed by atoms with E-state index in [0.29, 0.717) is 19.4 Å². The van der Waals surface area contributed by atoms with Gasteiger partial charge in [0.15, 0.2) is 0 Å². The van der Waals surface area contributed by atoms with Crippen molar-refractivity contribution >= 4 is 29.7 Å². The lowest BCUT2D eigenvalue weighted by atomic mass is 9.83. The molecule has 2 aromatic carbocycles. The van der Waals surface area contributed by atoms with E-state index in [2.05, 4.69) is 16.0 Å². The van der Waals surface area contributed by atoms with Crippen LogP contribution in [-0.4, -0.2) is 82.5 Å². The van der Waals surface area contributed by atoms with Gasteiger partial charge in [0, 0.05) is 12.5 Å². The van der Waals surface area contributed by atoms with Gasteiger partial charge in [-0.25, -0.2) is 4.79 Å². The first-order chi connectivity index (χ1) is 22.9. The number of nitrogens with zero attached hydrogens (tertiary/aromatic N) is 1.